The second-order valence-corrected chi connectivity index (χ2v) is 6.01. The molecule has 0 saturated heterocycles. The van der Waals surface area contributed by atoms with Crippen molar-refractivity contribution in [2.75, 3.05) is 17.2 Å². The van der Waals surface area contributed by atoms with Gasteiger partial charge in [0.05, 0.1) is 6.54 Å². The molecule has 0 saturated carbocycles. The lowest BCUT2D eigenvalue weighted by Crippen LogP contribution is -2.22. The van der Waals surface area contributed by atoms with Crippen molar-refractivity contribution < 1.29 is 4.79 Å². The Hall–Kier alpha value is -2.00. The first-order valence-electron chi connectivity index (χ1n) is 7.36. The van der Waals surface area contributed by atoms with Gasteiger partial charge in [-0.25, -0.2) is 0 Å². The third-order valence-corrected chi connectivity index (χ3v) is 3.89. The summed E-state index contributed by atoms with van der Waals surface area (Å²) >= 11 is 6.07. The van der Waals surface area contributed by atoms with Gasteiger partial charge >= 0.3 is 0 Å². The number of halogens is 1. The van der Waals surface area contributed by atoms with E-state index in [-0.39, 0.29) is 12.5 Å². The molecule has 1 amide bonds. The molecule has 3 nitrogen and oxygen atoms in total. The Morgan fingerprint density at radius 2 is 1.91 bits per heavy atom. The fourth-order valence-electron chi connectivity index (χ4n) is 2.19. The summed E-state index contributed by atoms with van der Waals surface area (Å²) in [6.45, 7) is 6.36. The number of aryl methyl sites for hydroxylation is 1. The molecule has 2 aromatic rings. The van der Waals surface area contributed by atoms with Gasteiger partial charge in [-0.2, -0.15) is 0 Å². The summed E-state index contributed by atoms with van der Waals surface area (Å²) in [5, 5.41) is 6.73. The smallest absolute Gasteiger partial charge is 0.243 e. The zero-order valence-corrected chi connectivity index (χ0v) is 13.9. The van der Waals surface area contributed by atoms with Crippen LogP contribution in [0.1, 0.15) is 30.9 Å². The minimum Gasteiger partial charge on any atom is -0.376 e. The van der Waals surface area contributed by atoms with Gasteiger partial charge in [0.15, 0.2) is 0 Å². The van der Waals surface area contributed by atoms with Crippen LogP contribution in [0.5, 0.6) is 0 Å². The second kappa shape index (κ2) is 7.32. The van der Waals surface area contributed by atoms with Crippen LogP contribution in [-0.4, -0.2) is 12.5 Å². The van der Waals surface area contributed by atoms with Crippen molar-refractivity contribution in [2.45, 2.75) is 26.7 Å². The first kappa shape index (κ1) is 16.4. The Morgan fingerprint density at radius 3 is 2.59 bits per heavy atom. The lowest BCUT2D eigenvalue weighted by molar-refractivity contribution is -0.114. The quantitative estimate of drug-likeness (QED) is 0.830. The summed E-state index contributed by atoms with van der Waals surface area (Å²) in [6, 6.07) is 13.5. The number of nitrogens with one attached hydrogen (secondary N) is 2. The van der Waals surface area contributed by atoms with Crippen molar-refractivity contribution in [3.63, 3.8) is 0 Å². The monoisotopic (exact) mass is 316 g/mol. The minimum absolute atomic E-state index is 0.0789. The lowest BCUT2D eigenvalue weighted by Gasteiger charge is -2.14. The Kier molecular flexibility index (Phi) is 5.45. The van der Waals surface area contributed by atoms with E-state index in [2.05, 4.69) is 24.5 Å². The minimum atomic E-state index is -0.0789. The summed E-state index contributed by atoms with van der Waals surface area (Å²) in [7, 11) is 0. The Balaban J connectivity index is 1.97. The molecule has 0 radical (unpaired) electrons. The van der Waals surface area contributed by atoms with E-state index in [1.165, 1.54) is 0 Å². The van der Waals surface area contributed by atoms with E-state index in [4.69, 9.17) is 11.6 Å². The summed E-state index contributed by atoms with van der Waals surface area (Å²) in [5.41, 5.74) is 3.85. The van der Waals surface area contributed by atoms with Crippen molar-refractivity contribution in [1.29, 1.82) is 0 Å². The van der Waals surface area contributed by atoms with Crippen LogP contribution in [0.15, 0.2) is 42.5 Å². The van der Waals surface area contributed by atoms with Crippen molar-refractivity contribution in [1.82, 2.24) is 0 Å². The molecule has 0 spiro atoms. The summed E-state index contributed by atoms with van der Waals surface area (Å²) in [6.07, 6.45) is 0. The number of carbonyl (C=O) groups excluding carboxylic acids is 1. The molecule has 22 heavy (non-hydrogen) atoms. The molecule has 0 atom stereocenters. The Bertz CT molecular complexity index is 668. The second-order valence-electron chi connectivity index (χ2n) is 5.61. The van der Waals surface area contributed by atoms with E-state index < -0.39 is 0 Å². The SMILES string of the molecule is Cc1ccc(NCC(=O)Nc2ccccc2C(C)C)cc1Cl. The van der Waals surface area contributed by atoms with Crippen molar-refractivity contribution in [2.24, 2.45) is 0 Å². The highest BCUT2D eigenvalue weighted by atomic mass is 35.5. The number of hydrogen-bond donors (Lipinski definition) is 2. The standard InChI is InChI=1S/C18H21ClN2O/c1-12(2)15-6-4-5-7-17(15)21-18(22)11-20-14-9-8-13(3)16(19)10-14/h4-10,12,20H,11H2,1-3H3,(H,21,22). The fourth-order valence-corrected chi connectivity index (χ4v) is 2.37. The number of hydrogen-bond acceptors (Lipinski definition) is 2. The van der Waals surface area contributed by atoms with Crippen LogP contribution < -0.4 is 10.6 Å². The van der Waals surface area contributed by atoms with Crippen LogP contribution in [0.25, 0.3) is 0 Å². The van der Waals surface area contributed by atoms with Gasteiger partial charge in [0.1, 0.15) is 0 Å². The van der Waals surface area contributed by atoms with Gasteiger partial charge < -0.3 is 10.6 Å². The topological polar surface area (TPSA) is 41.1 Å². The number of para-hydroxylation sites is 1. The number of benzene rings is 2. The van der Waals surface area contributed by atoms with Gasteiger partial charge in [0, 0.05) is 16.4 Å². The molecule has 0 unspecified atom stereocenters. The Morgan fingerprint density at radius 1 is 1.18 bits per heavy atom. The highest BCUT2D eigenvalue weighted by Gasteiger charge is 2.09. The van der Waals surface area contributed by atoms with Gasteiger partial charge in [-0.3, -0.25) is 4.79 Å². The predicted molar refractivity (Wildman–Crippen MR) is 93.8 cm³/mol. The molecule has 2 N–H and O–H groups in total. The van der Waals surface area contributed by atoms with Gasteiger partial charge in [-0.1, -0.05) is 49.7 Å². The third kappa shape index (κ3) is 4.25. The number of carbonyl (C=O) groups is 1. The molecule has 2 aromatic carbocycles. The van der Waals surface area contributed by atoms with E-state index >= 15 is 0 Å². The van der Waals surface area contributed by atoms with Crippen LogP contribution in [0.3, 0.4) is 0 Å². The van der Waals surface area contributed by atoms with Gasteiger partial charge in [-0.15, -0.1) is 0 Å². The summed E-state index contributed by atoms with van der Waals surface area (Å²) in [5.74, 6) is 0.283. The van der Waals surface area contributed by atoms with Crippen molar-refractivity contribution in [3.05, 3.63) is 58.6 Å². The first-order valence-corrected chi connectivity index (χ1v) is 7.74. The van der Waals surface area contributed by atoms with Crippen LogP contribution in [0.2, 0.25) is 5.02 Å². The van der Waals surface area contributed by atoms with Crippen LogP contribution in [-0.2, 0) is 4.79 Å². The lowest BCUT2D eigenvalue weighted by atomic mass is 10.0. The zero-order chi connectivity index (χ0) is 16.1. The van der Waals surface area contributed by atoms with E-state index in [9.17, 15) is 4.79 Å². The highest BCUT2D eigenvalue weighted by molar-refractivity contribution is 6.31. The van der Waals surface area contributed by atoms with Crippen molar-refractivity contribution >= 4 is 28.9 Å². The number of rotatable bonds is 5. The van der Waals surface area contributed by atoms with E-state index in [0.717, 1.165) is 22.5 Å². The largest absolute Gasteiger partial charge is 0.376 e. The molecular formula is C18H21ClN2O. The average Bonchev–Trinajstić information content (AvgIpc) is 2.49. The molecule has 0 bridgehead atoms. The van der Waals surface area contributed by atoms with E-state index in [1.807, 2.05) is 49.4 Å². The molecule has 0 fully saturated rings. The van der Waals surface area contributed by atoms with Gasteiger partial charge in [-0.05, 0) is 42.2 Å². The van der Waals surface area contributed by atoms with Gasteiger partial charge in [0.25, 0.3) is 0 Å². The van der Waals surface area contributed by atoms with Crippen LogP contribution >= 0.6 is 11.6 Å². The molecule has 2 rings (SSSR count). The maximum Gasteiger partial charge on any atom is 0.243 e. The predicted octanol–water partition coefficient (Wildman–Crippen LogP) is 4.82. The fraction of sp³-hybridized carbons (Fsp3) is 0.278. The molecule has 0 aliphatic rings. The number of amides is 1. The van der Waals surface area contributed by atoms with Gasteiger partial charge in [0.2, 0.25) is 5.91 Å². The van der Waals surface area contributed by atoms with Crippen molar-refractivity contribution in [3.8, 4) is 0 Å². The first-order chi connectivity index (χ1) is 10.5. The maximum absolute atomic E-state index is 12.1. The highest BCUT2D eigenvalue weighted by Crippen LogP contribution is 2.23. The molecule has 0 aliphatic carbocycles. The molecule has 0 aliphatic heterocycles. The van der Waals surface area contributed by atoms with E-state index in [1.54, 1.807) is 0 Å². The molecule has 4 heteroatoms. The third-order valence-electron chi connectivity index (χ3n) is 3.48. The number of anilines is 2. The summed E-state index contributed by atoms with van der Waals surface area (Å²) < 4.78 is 0. The Labute approximate surface area is 136 Å². The average molecular weight is 317 g/mol. The van der Waals surface area contributed by atoms with Crippen LogP contribution in [0, 0.1) is 6.92 Å². The maximum atomic E-state index is 12.1. The molecule has 0 aromatic heterocycles. The molecule has 116 valence electrons. The zero-order valence-electron chi connectivity index (χ0n) is 13.1. The molecular weight excluding hydrogens is 296 g/mol. The molecule has 0 heterocycles. The van der Waals surface area contributed by atoms with Crippen LogP contribution in [0.4, 0.5) is 11.4 Å². The summed E-state index contributed by atoms with van der Waals surface area (Å²) in [4.78, 5) is 12.1. The van der Waals surface area contributed by atoms with E-state index in [0.29, 0.717) is 10.9 Å². The normalized spacial score (nSPS) is 10.6.